The molecule has 0 heterocycles. The molecule has 0 radical (unpaired) electrons. The van der Waals surface area contributed by atoms with Gasteiger partial charge in [-0.3, -0.25) is 9.52 Å². The number of halogens is 1. The second-order valence-electron chi connectivity index (χ2n) is 6.46. The van der Waals surface area contributed by atoms with Crippen LogP contribution in [0.15, 0.2) is 41.3 Å². The van der Waals surface area contributed by atoms with Gasteiger partial charge in [0.2, 0.25) is 0 Å². The fourth-order valence-corrected chi connectivity index (χ4v) is 4.24. The lowest BCUT2D eigenvalue weighted by Crippen LogP contribution is -2.25. The second-order valence-corrected chi connectivity index (χ2v) is 8.52. The summed E-state index contributed by atoms with van der Waals surface area (Å²) in [5.74, 6) is -0.314. The molecular formula is C20H25ClN2O3S. The van der Waals surface area contributed by atoms with Crippen LogP contribution >= 0.6 is 11.6 Å². The van der Waals surface area contributed by atoms with E-state index in [1.165, 1.54) is 18.2 Å². The maximum absolute atomic E-state index is 12.8. The minimum Gasteiger partial charge on any atom is -0.352 e. The summed E-state index contributed by atoms with van der Waals surface area (Å²) in [6, 6.07) is 9.64. The number of carbonyl (C=O) groups is 1. The zero-order chi connectivity index (χ0) is 20.0. The van der Waals surface area contributed by atoms with E-state index >= 15 is 0 Å². The molecule has 1 amide bonds. The number of sulfonamides is 1. The minimum atomic E-state index is -3.93. The number of aryl methyl sites for hydroxylation is 1. The molecule has 2 N–H and O–H groups in total. The molecule has 0 unspecified atom stereocenters. The van der Waals surface area contributed by atoms with Crippen LogP contribution in [0.1, 0.15) is 47.7 Å². The highest BCUT2D eigenvalue weighted by Crippen LogP contribution is 2.27. The lowest BCUT2D eigenvalue weighted by molar-refractivity contribution is 0.0952. The second kappa shape index (κ2) is 9.24. The molecule has 0 aromatic heterocycles. The zero-order valence-corrected chi connectivity index (χ0v) is 17.4. The van der Waals surface area contributed by atoms with E-state index in [9.17, 15) is 13.2 Å². The third-order valence-corrected chi connectivity index (χ3v) is 6.24. The number of hydrogen-bond donors (Lipinski definition) is 2. The van der Waals surface area contributed by atoms with Crippen LogP contribution in [-0.4, -0.2) is 20.9 Å². The van der Waals surface area contributed by atoms with Gasteiger partial charge in [-0.25, -0.2) is 8.42 Å². The number of carbonyl (C=O) groups excluding carboxylic acids is 1. The summed E-state index contributed by atoms with van der Waals surface area (Å²) in [4.78, 5) is 12.2. The molecule has 0 spiro atoms. The first-order valence-corrected chi connectivity index (χ1v) is 10.8. The Morgan fingerprint density at radius 3 is 2.56 bits per heavy atom. The van der Waals surface area contributed by atoms with E-state index in [1.807, 2.05) is 19.9 Å². The van der Waals surface area contributed by atoms with Crippen LogP contribution in [0.2, 0.25) is 5.02 Å². The van der Waals surface area contributed by atoms with Gasteiger partial charge in [-0.1, -0.05) is 43.5 Å². The van der Waals surface area contributed by atoms with Gasteiger partial charge < -0.3 is 5.32 Å². The fraction of sp³-hybridized carbons (Fsp3) is 0.350. The minimum absolute atomic E-state index is 0.0651. The number of unbranched alkanes of at least 4 members (excludes halogenated alkanes) is 2. The number of anilines is 1. The Kier molecular flexibility index (Phi) is 7.27. The van der Waals surface area contributed by atoms with Crippen LogP contribution in [-0.2, 0) is 10.0 Å². The molecule has 2 aromatic carbocycles. The van der Waals surface area contributed by atoms with Crippen molar-refractivity contribution >= 4 is 33.2 Å². The number of hydrogen-bond acceptors (Lipinski definition) is 3. The SMILES string of the molecule is CCCCCNC(=O)c1ccc(Cl)c(S(=O)(=O)Nc2cccc(C)c2C)c1. The van der Waals surface area contributed by atoms with Crippen LogP contribution in [0.4, 0.5) is 5.69 Å². The Morgan fingerprint density at radius 2 is 1.85 bits per heavy atom. The lowest BCUT2D eigenvalue weighted by atomic mass is 10.1. The van der Waals surface area contributed by atoms with Crippen molar-refractivity contribution in [1.82, 2.24) is 5.32 Å². The van der Waals surface area contributed by atoms with Gasteiger partial charge in [-0.05, 0) is 55.7 Å². The van der Waals surface area contributed by atoms with Gasteiger partial charge in [0.15, 0.2) is 0 Å². The summed E-state index contributed by atoms with van der Waals surface area (Å²) in [7, 11) is -3.93. The van der Waals surface area contributed by atoms with Crippen molar-refractivity contribution in [3.63, 3.8) is 0 Å². The highest BCUT2D eigenvalue weighted by molar-refractivity contribution is 7.92. The molecular weight excluding hydrogens is 384 g/mol. The molecule has 0 bridgehead atoms. The van der Waals surface area contributed by atoms with Crippen molar-refractivity contribution in [2.24, 2.45) is 0 Å². The van der Waals surface area contributed by atoms with Crippen molar-refractivity contribution in [2.45, 2.75) is 44.9 Å². The molecule has 0 aliphatic carbocycles. The van der Waals surface area contributed by atoms with Crippen molar-refractivity contribution in [2.75, 3.05) is 11.3 Å². The summed E-state index contributed by atoms with van der Waals surface area (Å²) in [6.07, 6.45) is 2.97. The monoisotopic (exact) mass is 408 g/mol. The Balaban J connectivity index is 2.26. The number of amides is 1. The maximum Gasteiger partial charge on any atom is 0.263 e. The largest absolute Gasteiger partial charge is 0.352 e. The summed E-state index contributed by atoms with van der Waals surface area (Å²) < 4.78 is 28.2. The summed E-state index contributed by atoms with van der Waals surface area (Å²) in [5, 5.41) is 2.87. The van der Waals surface area contributed by atoms with E-state index in [0.29, 0.717) is 12.2 Å². The first-order valence-electron chi connectivity index (χ1n) is 8.93. The average molecular weight is 409 g/mol. The predicted molar refractivity (Wildman–Crippen MR) is 110 cm³/mol. The van der Waals surface area contributed by atoms with Crippen molar-refractivity contribution in [3.05, 3.63) is 58.1 Å². The van der Waals surface area contributed by atoms with Gasteiger partial charge in [-0.2, -0.15) is 0 Å². The molecule has 7 heteroatoms. The van der Waals surface area contributed by atoms with Gasteiger partial charge in [0.05, 0.1) is 10.7 Å². The molecule has 0 saturated carbocycles. The fourth-order valence-electron chi connectivity index (χ4n) is 2.59. The standard InChI is InChI=1S/C20H25ClN2O3S/c1-4-5-6-12-22-20(24)16-10-11-17(21)19(13-16)27(25,26)23-18-9-7-8-14(2)15(18)3/h7-11,13,23H,4-6,12H2,1-3H3,(H,22,24). The first kappa shape index (κ1) is 21.3. The molecule has 146 valence electrons. The summed E-state index contributed by atoms with van der Waals surface area (Å²) >= 11 is 6.12. The topological polar surface area (TPSA) is 75.3 Å². The molecule has 0 atom stereocenters. The van der Waals surface area contributed by atoms with Gasteiger partial charge in [0, 0.05) is 12.1 Å². The molecule has 5 nitrogen and oxygen atoms in total. The van der Waals surface area contributed by atoms with Crippen LogP contribution in [0.25, 0.3) is 0 Å². The van der Waals surface area contributed by atoms with E-state index in [2.05, 4.69) is 17.0 Å². The molecule has 0 fully saturated rings. The van der Waals surface area contributed by atoms with Gasteiger partial charge in [-0.15, -0.1) is 0 Å². The Hall–Kier alpha value is -2.05. The molecule has 0 saturated heterocycles. The van der Waals surface area contributed by atoms with E-state index in [-0.39, 0.29) is 21.4 Å². The molecule has 27 heavy (non-hydrogen) atoms. The Bertz CT molecular complexity index is 927. The lowest BCUT2D eigenvalue weighted by Gasteiger charge is -2.14. The van der Waals surface area contributed by atoms with Gasteiger partial charge in [0.1, 0.15) is 4.90 Å². The first-order chi connectivity index (χ1) is 12.8. The van der Waals surface area contributed by atoms with Crippen LogP contribution < -0.4 is 10.0 Å². The van der Waals surface area contributed by atoms with E-state index in [4.69, 9.17) is 11.6 Å². The smallest absolute Gasteiger partial charge is 0.263 e. The molecule has 2 rings (SSSR count). The highest BCUT2D eigenvalue weighted by atomic mass is 35.5. The molecule has 0 aliphatic rings. The van der Waals surface area contributed by atoms with Crippen molar-refractivity contribution in [3.8, 4) is 0 Å². The van der Waals surface area contributed by atoms with Crippen molar-refractivity contribution in [1.29, 1.82) is 0 Å². The van der Waals surface area contributed by atoms with E-state index < -0.39 is 10.0 Å². The van der Waals surface area contributed by atoms with Crippen molar-refractivity contribution < 1.29 is 13.2 Å². The zero-order valence-electron chi connectivity index (χ0n) is 15.8. The molecule has 0 aliphatic heterocycles. The van der Waals surface area contributed by atoms with Crippen LogP contribution in [0.3, 0.4) is 0 Å². The van der Waals surface area contributed by atoms with Crippen LogP contribution in [0.5, 0.6) is 0 Å². The average Bonchev–Trinajstić information content (AvgIpc) is 2.62. The van der Waals surface area contributed by atoms with Crippen LogP contribution in [0, 0.1) is 13.8 Å². The number of benzene rings is 2. The third kappa shape index (κ3) is 5.47. The molecule has 2 aromatic rings. The summed E-state index contributed by atoms with van der Waals surface area (Å²) in [6.45, 7) is 6.39. The predicted octanol–water partition coefficient (Wildman–Crippen LogP) is 4.68. The Morgan fingerprint density at radius 1 is 1.11 bits per heavy atom. The number of nitrogens with one attached hydrogen (secondary N) is 2. The highest BCUT2D eigenvalue weighted by Gasteiger charge is 2.21. The maximum atomic E-state index is 12.8. The number of rotatable bonds is 8. The van der Waals surface area contributed by atoms with E-state index in [0.717, 1.165) is 30.4 Å². The normalized spacial score (nSPS) is 11.3. The van der Waals surface area contributed by atoms with Gasteiger partial charge in [0.25, 0.3) is 15.9 Å². The third-order valence-electron chi connectivity index (χ3n) is 4.40. The van der Waals surface area contributed by atoms with E-state index in [1.54, 1.807) is 12.1 Å². The Labute approximate surface area is 166 Å². The summed E-state index contributed by atoms with van der Waals surface area (Å²) in [5.41, 5.74) is 2.56. The quantitative estimate of drug-likeness (QED) is 0.623. The van der Waals surface area contributed by atoms with Gasteiger partial charge >= 0.3 is 0 Å².